The van der Waals surface area contributed by atoms with Crippen LogP contribution in [0.3, 0.4) is 0 Å². The van der Waals surface area contributed by atoms with Crippen molar-refractivity contribution in [1.82, 2.24) is 9.88 Å². The fourth-order valence-electron chi connectivity index (χ4n) is 2.54. The van der Waals surface area contributed by atoms with Gasteiger partial charge in [-0.15, -0.1) is 0 Å². The second kappa shape index (κ2) is 4.90. The first-order chi connectivity index (χ1) is 9.17. The third-order valence-electron chi connectivity index (χ3n) is 3.69. The van der Waals surface area contributed by atoms with E-state index in [0.29, 0.717) is 6.04 Å². The van der Waals surface area contributed by atoms with E-state index in [2.05, 4.69) is 20.6 Å². The maximum Gasteiger partial charge on any atom is 0.178 e. The number of nitrogens with zero attached hydrogens (tertiary/aromatic N) is 2. The zero-order chi connectivity index (χ0) is 13.4. The molecule has 1 aliphatic heterocycles. The molecular weight excluding hydrogens is 252 g/mol. The van der Waals surface area contributed by atoms with Crippen LogP contribution in [0.1, 0.15) is 19.3 Å². The van der Waals surface area contributed by atoms with Crippen LogP contribution in [0.15, 0.2) is 6.07 Å². The van der Waals surface area contributed by atoms with Gasteiger partial charge in [0.1, 0.15) is 0 Å². The van der Waals surface area contributed by atoms with Crippen LogP contribution in [0.5, 0.6) is 0 Å². The first-order valence-electron chi connectivity index (χ1n) is 6.50. The number of anilines is 2. The molecule has 19 heavy (non-hydrogen) atoms. The van der Waals surface area contributed by atoms with Crippen LogP contribution in [0.4, 0.5) is 20.4 Å². The van der Waals surface area contributed by atoms with Gasteiger partial charge >= 0.3 is 0 Å². The summed E-state index contributed by atoms with van der Waals surface area (Å²) in [4.78, 5) is 6.23. The summed E-state index contributed by atoms with van der Waals surface area (Å²) >= 11 is 0. The molecule has 5 nitrogen and oxygen atoms in total. The van der Waals surface area contributed by atoms with E-state index in [0.717, 1.165) is 25.6 Å². The van der Waals surface area contributed by atoms with Gasteiger partial charge in [0, 0.05) is 31.2 Å². The van der Waals surface area contributed by atoms with Crippen molar-refractivity contribution in [2.24, 2.45) is 5.84 Å². The zero-order valence-electron chi connectivity index (χ0n) is 10.5. The van der Waals surface area contributed by atoms with Crippen LogP contribution in [0, 0.1) is 11.6 Å². The zero-order valence-corrected chi connectivity index (χ0v) is 10.5. The molecule has 0 bridgehead atoms. The van der Waals surface area contributed by atoms with Crippen molar-refractivity contribution in [2.75, 3.05) is 23.8 Å². The Labute approximate surface area is 110 Å². The van der Waals surface area contributed by atoms with E-state index in [1.807, 2.05) is 0 Å². The molecule has 1 atom stereocenters. The maximum atomic E-state index is 13.6. The van der Waals surface area contributed by atoms with Crippen LogP contribution >= 0.6 is 0 Å². The Hall–Kier alpha value is -1.47. The molecule has 1 unspecified atom stereocenters. The van der Waals surface area contributed by atoms with Gasteiger partial charge in [-0.3, -0.25) is 4.90 Å². The highest BCUT2D eigenvalue weighted by atomic mass is 19.1. The van der Waals surface area contributed by atoms with E-state index >= 15 is 0 Å². The topological polar surface area (TPSA) is 66.2 Å². The molecule has 1 aromatic rings. The van der Waals surface area contributed by atoms with E-state index in [-0.39, 0.29) is 17.7 Å². The van der Waals surface area contributed by atoms with E-state index in [4.69, 9.17) is 5.84 Å². The van der Waals surface area contributed by atoms with Crippen molar-refractivity contribution in [3.8, 4) is 0 Å². The lowest BCUT2D eigenvalue weighted by Crippen LogP contribution is -2.28. The van der Waals surface area contributed by atoms with Gasteiger partial charge in [-0.05, 0) is 19.3 Å². The minimum atomic E-state index is -0.795. The molecular formula is C12H17F2N5. The Morgan fingerprint density at radius 1 is 1.21 bits per heavy atom. The molecule has 0 aromatic carbocycles. The Morgan fingerprint density at radius 2 is 1.95 bits per heavy atom. The average molecular weight is 269 g/mol. The molecule has 2 fully saturated rings. The van der Waals surface area contributed by atoms with Gasteiger partial charge in [0.05, 0.1) is 0 Å². The number of aromatic nitrogens is 1. The lowest BCUT2D eigenvalue weighted by Gasteiger charge is -2.17. The molecule has 0 spiro atoms. The van der Waals surface area contributed by atoms with Crippen LogP contribution in [-0.4, -0.2) is 35.1 Å². The normalized spacial score (nSPS) is 23.6. The molecule has 1 aromatic heterocycles. The molecule has 3 rings (SSSR count). The molecule has 1 saturated carbocycles. The molecule has 2 aliphatic rings. The second-order valence-electron chi connectivity index (χ2n) is 5.15. The highest BCUT2D eigenvalue weighted by Crippen LogP contribution is 2.30. The van der Waals surface area contributed by atoms with Gasteiger partial charge in [0.15, 0.2) is 23.3 Å². The summed E-state index contributed by atoms with van der Waals surface area (Å²) < 4.78 is 26.9. The molecule has 2 heterocycles. The fourth-order valence-corrected chi connectivity index (χ4v) is 2.54. The van der Waals surface area contributed by atoms with Crippen molar-refractivity contribution < 1.29 is 8.78 Å². The summed E-state index contributed by atoms with van der Waals surface area (Å²) in [6.07, 6.45) is 3.47. The molecule has 104 valence electrons. The minimum Gasteiger partial charge on any atom is -0.363 e. The Bertz CT molecular complexity index is 477. The Kier molecular flexibility index (Phi) is 3.24. The summed E-state index contributed by atoms with van der Waals surface area (Å²) in [5.41, 5.74) is 2.12. The summed E-state index contributed by atoms with van der Waals surface area (Å²) in [5, 5.41) is 3.03. The quantitative estimate of drug-likeness (QED) is 0.568. The first kappa shape index (κ1) is 12.6. The van der Waals surface area contributed by atoms with Crippen molar-refractivity contribution >= 4 is 11.6 Å². The number of pyridine rings is 1. The van der Waals surface area contributed by atoms with Crippen LogP contribution < -0.4 is 16.6 Å². The summed E-state index contributed by atoms with van der Waals surface area (Å²) in [6, 6.07) is 1.65. The maximum absolute atomic E-state index is 13.6. The number of hydrazine groups is 1. The van der Waals surface area contributed by atoms with Gasteiger partial charge in [0.2, 0.25) is 0 Å². The van der Waals surface area contributed by atoms with Crippen molar-refractivity contribution in [3.63, 3.8) is 0 Å². The van der Waals surface area contributed by atoms with Gasteiger partial charge in [-0.25, -0.2) is 19.6 Å². The first-order valence-corrected chi connectivity index (χ1v) is 6.50. The second-order valence-corrected chi connectivity index (χ2v) is 5.15. The highest BCUT2D eigenvalue weighted by molar-refractivity contribution is 5.47. The third-order valence-corrected chi connectivity index (χ3v) is 3.69. The smallest absolute Gasteiger partial charge is 0.178 e. The van der Waals surface area contributed by atoms with Crippen molar-refractivity contribution in [1.29, 1.82) is 0 Å². The lowest BCUT2D eigenvalue weighted by atomic mass is 10.2. The minimum absolute atomic E-state index is 0.0528. The predicted molar refractivity (Wildman–Crippen MR) is 68.6 cm³/mol. The molecule has 7 heteroatoms. The molecule has 1 aliphatic carbocycles. The van der Waals surface area contributed by atoms with Gasteiger partial charge in [-0.1, -0.05) is 0 Å². The molecule has 1 saturated heterocycles. The highest BCUT2D eigenvalue weighted by Gasteiger charge is 2.34. The van der Waals surface area contributed by atoms with Crippen molar-refractivity contribution in [2.45, 2.75) is 31.3 Å². The Morgan fingerprint density at radius 3 is 2.63 bits per heavy atom. The average Bonchev–Trinajstić information content (AvgIpc) is 3.13. The lowest BCUT2D eigenvalue weighted by molar-refractivity contribution is 0.326. The van der Waals surface area contributed by atoms with E-state index in [1.165, 1.54) is 12.8 Å². The van der Waals surface area contributed by atoms with E-state index in [9.17, 15) is 8.78 Å². The van der Waals surface area contributed by atoms with Gasteiger partial charge in [0.25, 0.3) is 0 Å². The summed E-state index contributed by atoms with van der Waals surface area (Å²) in [7, 11) is 0. The van der Waals surface area contributed by atoms with Crippen LogP contribution in [-0.2, 0) is 0 Å². The number of nitrogens with one attached hydrogen (secondary N) is 2. The predicted octanol–water partition coefficient (Wildman–Crippen LogP) is 1.29. The number of hydrogen-bond donors (Lipinski definition) is 3. The number of rotatable bonds is 4. The van der Waals surface area contributed by atoms with E-state index < -0.39 is 11.6 Å². The number of hydrogen-bond acceptors (Lipinski definition) is 5. The van der Waals surface area contributed by atoms with Crippen molar-refractivity contribution in [3.05, 3.63) is 17.7 Å². The summed E-state index contributed by atoms with van der Waals surface area (Å²) in [5.74, 6) is 3.55. The summed E-state index contributed by atoms with van der Waals surface area (Å²) in [6.45, 7) is 1.90. The Balaban J connectivity index is 1.69. The van der Waals surface area contributed by atoms with E-state index in [1.54, 1.807) is 0 Å². The number of halogens is 2. The van der Waals surface area contributed by atoms with Gasteiger partial charge < -0.3 is 10.7 Å². The van der Waals surface area contributed by atoms with Crippen LogP contribution in [0.2, 0.25) is 0 Å². The fraction of sp³-hybridized carbons (Fsp3) is 0.583. The third kappa shape index (κ3) is 2.62. The number of likely N-dealkylation sites (tertiary alicyclic amines) is 1. The monoisotopic (exact) mass is 269 g/mol. The molecule has 0 radical (unpaired) electrons. The SMILES string of the molecule is NNc1nc(NC2CCN(C3CC3)C2)c(F)cc1F. The number of nitrogens with two attached hydrogens (primary N) is 1. The van der Waals surface area contributed by atoms with Crippen LogP contribution in [0.25, 0.3) is 0 Å². The molecule has 0 amide bonds. The molecule has 4 N–H and O–H groups in total. The number of nitrogen functional groups attached to an aromatic ring is 1. The standard InChI is InChI=1S/C12H17F2N5/c13-9-5-10(14)12(18-15)17-11(9)16-7-3-4-19(6-7)8-1-2-8/h5,7-8H,1-4,6,15H2,(H2,16,17,18). The largest absolute Gasteiger partial charge is 0.363 e. The van der Waals surface area contributed by atoms with Gasteiger partial charge in [-0.2, -0.15) is 0 Å².